The smallest absolute Gasteiger partial charge is 0.231 e. The van der Waals surface area contributed by atoms with Gasteiger partial charge in [-0.05, 0) is 28.8 Å². The second-order valence-corrected chi connectivity index (χ2v) is 6.68. The Bertz CT molecular complexity index is 978. The zero-order valence-corrected chi connectivity index (χ0v) is 15.0. The predicted molar refractivity (Wildman–Crippen MR) is 102 cm³/mol. The molecule has 25 heavy (non-hydrogen) atoms. The molecule has 0 saturated carbocycles. The molecule has 0 aliphatic rings. The van der Waals surface area contributed by atoms with Crippen LogP contribution >= 0.6 is 15.9 Å². The SMILES string of the molecule is Brc1cccc(-c2noc(Cc3ccc(-c4ccccc4)cc3)n2)c1. The Morgan fingerprint density at radius 2 is 1.48 bits per heavy atom. The van der Waals surface area contributed by atoms with E-state index >= 15 is 0 Å². The van der Waals surface area contributed by atoms with Crippen molar-refractivity contribution in [2.45, 2.75) is 6.42 Å². The molecule has 0 saturated heterocycles. The maximum Gasteiger partial charge on any atom is 0.231 e. The van der Waals surface area contributed by atoms with Crippen molar-refractivity contribution >= 4 is 15.9 Å². The van der Waals surface area contributed by atoms with E-state index in [2.05, 4.69) is 62.5 Å². The number of nitrogens with zero attached hydrogens (tertiary/aromatic N) is 2. The molecule has 0 atom stereocenters. The molecule has 0 aliphatic carbocycles. The van der Waals surface area contributed by atoms with E-state index in [9.17, 15) is 0 Å². The summed E-state index contributed by atoms with van der Waals surface area (Å²) in [5, 5.41) is 4.08. The molecule has 0 N–H and O–H groups in total. The molecule has 0 amide bonds. The highest BCUT2D eigenvalue weighted by Crippen LogP contribution is 2.22. The molecule has 4 heteroatoms. The van der Waals surface area contributed by atoms with Crippen molar-refractivity contribution in [3.05, 3.63) is 94.8 Å². The van der Waals surface area contributed by atoms with E-state index in [0.717, 1.165) is 15.6 Å². The summed E-state index contributed by atoms with van der Waals surface area (Å²) in [7, 11) is 0. The van der Waals surface area contributed by atoms with Gasteiger partial charge in [0.2, 0.25) is 11.7 Å². The molecule has 0 radical (unpaired) electrons. The third kappa shape index (κ3) is 3.69. The van der Waals surface area contributed by atoms with Crippen molar-refractivity contribution < 1.29 is 4.52 Å². The van der Waals surface area contributed by atoms with Crippen LogP contribution < -0.4 is 0 Å². The van der Waals surface area contributed by atoms with Crippen LogP contribution in [0.2, 0.25) is 0 Å². The Hall–Kier alpha value is -2.72. The highest BCUT2D eigenvalue weighted by molar-refractivity contribution is 9.10. The number of halogens is 1. The average Bonchev–Trinajstić information content (AvgIpc) is 3.12. The summed E-state index contributed by atoms with van der Waals surface area (Å²) in [6.07, 6.45) is 0.621. The second-order valence-electron chi connectivity index (χ2n) is 5.76. The van der Waals surface area contributed by atoms with Crippen molar-refractivity contribution in [3.8, 4) is 22.5 Å². The van der Waals surface area contributed by atoms with Crippen molar-refractivity contribution in [3.63, 3.8) is 0 Å². The third-order valence-corrected chi connectivity index (χ3v) is 4.46. The van der Waals surface area contributed by atoms with E-state index in [-0.39, 0.29) is 0 Å². The van der Waals surface area contributed by atoms with Crippen molar-refractivity contribution in [1.29, 1.82) is 0 Å². The average molecular weight is 391 g/mol. The topological polar surface area (TPSA) is 38.9 Å². The summed E-state index contributed by atoms with van der Waals surface area (Å²) in [5.74, 6) is 1.22. The molecule has 4 rings (SSSR count). The highest BCUT2D eigenvalue weighted by Gasteiger charge is 2.09. The van der Waals surface area contributed by atoms with E-state index in [1.165, 1.54) is 11.1 Å². The van der Waals surface area contributed by atoms with Crippen LogP contribution in [-0.2, 0) is 6.42 Å². The van der Waals surface area contributed by atoms with Crippen LogP contribution in [0, 0.1) is 0 Å². The largest absolute Gasteiger partial charge is 0.339 e. The quantitative estimate of drug-likeness (QED) is 0.444. The maximum absolute atomic E-state index is 5.40. The molecular formula is C21H15BrN2O. The van der Waals surface area contributed by atoms with Gasteiger partial charge in [-0.25, -0.2) is 0 Å². The van der Waals surface area contributed by atoms with Gasteiger partial charge in [-0.3, -0.25) is 0 Å². The lowest BCUT2D eigenvalue weighted by atomic mass is 10.0. The van der Waals surface area contributed by atoms with Crippen LogP contribution in [-0.4, -0.2) is 10.1 Å². The normalized spacial score (nSPS) is 10.8. The van der Waals surface area contributed by atoms with Crippen LogP contribution in [0.3, 0.4) is 0 Å². The summed E-state index contributed by atoms with van der Waals surface area (Å²) in [4.78, 5) is 4.50. The summed E-state index contributed by atoms with van der Waals surface area (Å²) < 4.78 is 6.39. The van der Waals surface area contributed by atoms with Gasteiger partial charge in [-0.15, -0.1) is 0 Å². The van der Waals surface area contributed by atoms with Crippen LogP contribution in [0.15, 0.2) is 87.9 Å². The molecule has 0 aliphatic heterocycles. The van der Waals surface area contributed by atoms with Crippen LogP contribution in [0.25, 0.3) is 22.5 Å². The van der Waals surface area contributed by atoms with E-state index in [1.54, 1.807) is 0 Å². The summed E-state index contributed by atoms with van der Waals surface area (Å²) in [6.45, 7) is 0. The standard InChI is InChI=1S/C21H15BrN2O/c22-19-8-4-7-18(14-19)21-23-20(25-24-21)13-15-9-11-17(12-10-15)16-5-2-1-3-6-16/h1-12,14H,13H2. The molecule has 3 aromatic carbocycles. The third-order valence-electron chi connectivity index (χ3n) is 3.97. The first kappa shape index (κ1) is 15.8. The first-order valence-corrected chi connectivity index (χ1v) is 8.80. The van der Waals surface area contributed by atoms with Gasteiger partial charge < -0.3 is 4.52 Å². The molecule has 0 fully saturated rings. The van der Waals surface area contributed by atoms with Crippen LogP contribution in [0.5, 0.6) is 0 Å². The first-order chi connectivity index (χ1) is 12.3. The maximum atomic E-state index is 5.40. The Morgan fingerprint density at radius 3 is 2.24 bits per heavy atom. The molecule has 0 bridgehead atoms. The van der Waals surface area contributed by atoms with E-state index < -0.39 is 0 Å². The second kappa shape index (κ2) is 7.03. The highest BCUT2D eigenvalue weighted by atomic mass is 79.9. The van der Waals surface area contributed by atoms with Gasteiger partial charge in [0.05, 0.1) is 6.42 Å². The lowest BCUT2D eigenvalue weighted by molar-refractivity contribution is 0.385. The number of rotatable bonds is 4. The summed E-state index contributed by atoms with van der Waals surface area (Å²) >= 11 is 3.46. The number of benzene rings is 3. The lowest BCUT2D eigenvalue weighted by Crippen LogP contribution is -1.89. The minimum absolute atomic E-state index is 0.609. The molecule has 1 heterocycles. The number of hydrogen-bond donors (Lipinski definition) is 0. The minimum atomic E-state index is 0.609. The van der Waals surface area contributed by atoms with E-state index in [4.69, 9.17) is 4.52 Å². The monoisotopic (exact) mass is 390 g/mol. The zero-order chi connectivity index (χ0) is 17.1. The molecule has 4 aromatic rings. The van der Waals surface area contributed by atoms with Gasteiger partial charge in [-0.1, -0.05) is 87.8 Å². The fourth-order valence-corrected chi connectivity index (χ4v) is 3.09. The van der Waals surface area contributed by atoms with Gasteiger partial charge in [0.25, 0.3) is 0 Å². The molecule has 0 spiro atoms. The molecule has 1 aromatic heterocycles. The fourth-order valence-electron chi connectivity index (χ4n) is 2.69. The minimum Gasteiger partial charge on any atom is -0.339 e. The fraction of sp³-hybridized carbons (Fsp3) is 0.0476. The van der Waals surface area contributed by atoms with Crippen LogP contribution in [0.1, 0.15) is 11.5 Å². The Balaban J connectivity index is 1.51. The van der Waals surface area contributed by atoms with Gasteiger partial charge in [0.1, 0.15) is 0 Å². The molecule has 3 nitrogen and oxygen atoms in total. The lowest BCUT2D eigenvalue weighted by Gasteiger charge is -2.02. The first-order valence-electron chi connectivity index (χ1n) is 8.01. The predicted octanol–water partition coefficient (Wildman–Crippen LogP) is 5.76. The molecule has 122 valence electrons. The Kier molecular flexibility index (Phi) is 4.44. The van der Waals surface area contributed by atoms with Crippen molar-refractivity contribution in [1.82, 2.24) is 10.1 Å². The number of hydrogen-bond acceptors (Lipinski definition) is 3. The summed E-state index contributed by atoms with van der Waals surface area (Å²) in [6, 6.07) is 26.7. The Labute approximate surface area is 154 Å². The number of aromatic nitrogens is 2. The summed E-state index contributed by atoms with van der Waals surface area (Å²) in [5.41, 5.74) is 4.49. The molecular weight excluding hydrogens is 376 g/mol. The van der Waals surface area contributed by atoms with Gasteiger partial charge in [-0.2, -0.15) is 4.98 Å². The van der Waals surface area contributed by atoms with Crippen molar-refractivity contribution in [2.75, 3.05) is 0 Å². The zero-order valence-electron chi connectivity index (χ0n) is 13.4. The van der Waals surface area contributed by atoms with Crippen molar-refractivity contribution in [2.24, 2.45) is 0 Å². The van der Waals surface area contributed by atoms with Gasteiger partial charge in [0, 0.05) is 10.0 Å². The van der Waals surface area contributed by atoms with E-state index in [1.807, 2.05) is 42.5 Å². The van der Waals surface area contributed by atoms with E-state index in [0.29, 0.717) is 18.1 Å². The van der Waals surface area contributed by atoms with Crippen LogP contribution in [0.4, 0.5) is 0 Å². The van der Waals surface area contributed by atoms with Gasteiger partial charge in [0.15, 0.2) is 0 Å². The Morgan fingerprint density at radius 1 is 0.760 bits per heavy atom. The van der Waals surface area contributed by atoms with Gasteiger partial charge >= 0.3 is 0 Å². The molecule has 0 unspecified atom stereocenters.